The second-order valence-corrected chi connectivity index (χ2v) is 14.2. The van der Waals surface area contributed by atoms with Crippen molar-refractivity contribution in [3.63, 3.8) is 0 Å². The lowest BCUT2D eigenvalue weighted by Gasteiger charge is -2.11. The van der Waals surface area contributed by atoms with Crippen LogP contribution >= 0.6 is 11.3 Å². The van der Waals surface area contributed by atoms with E-state index in [-0.39, 0.29) is 27.5 Å². The van der Waals surface area contributed by atoms with Crippen LogP contribution in [0.5, 0.6) is 0 Å². The molecule has 266 valence electrons. The molecule has 4 aromatic carbocycles. The lowest BCUT2D eigenvalue weighted by molar-refractivity contribution is -0.110. The van der Waals surface area contributed by atoms with Crippen LogP contribution in [-0.2, 0) is 14.8 Å². The summed E-state index contributed by atoms with van der Waals surface area (Å²) in [5.41, 5.74) is 5.38. The Morgan fingerprint density at radius 1 is 0.830 bits per heavy atom. The maximum absolute atomic E-state index is 14.0. The summed E-state index contributed by atoms with van der Waals surface area (Å²) in [5, 5.41) is 17.1. The van der Waals surface area contributed by atoms with Crippen molar-refractivity contribution in [3.05, 3.63) is 137 Å². The lowest BCUT2D eigenvalue weighted by Crippen LogP contribution is -2.30. The number of hydrogen-bond acceptors (Lipinski definition) is 10. The molecule has 0 saturated carbocycles. The number of anilines is 1. The van der Waals surface area contributed by atoms with Gasteiger partial charge in [0, 0.05) is 16.7 Å². The Bertz CT molecular complexity index is 2510. The molecule has 0 saturated heterocycles. The highest BCUT2D eigenvalue weighted by molar-refractivity contribution is 7.89. The number of aryl methyl sites for hydroxylation is 1. The fraction of sp³-hybridized carbons (Fsp3) is 0.0789. The molecule has 0 bridgehead atoms. The number of carbonyl (C=O) groups is 4. The topological polar surface area (TPSA) is 196 Å². The second kappa shape index (κ2) is 15.4. The van der Waals surface area contributed by atoms with Gasteiger partial charge in [0.25, 0.3) is 11.8 Å². The Hall–Kier alpha value is -6.42. The number of amides is 2. The number of primary sulfonamides is 1. The maximum Gasteiger partial charge on any atom is 0.272 e. The molecule has 0 unspecified atom stereocenters. The van der Waals surface area contributed by atoms with Crippen LogP contribution in [0.25, 0.3) is 27.6 Å². The number of hydrazone groups is 1. The Labute approximate surface area is 308 Å². The fourth-order valence-electron chi connectivity index (χ4n) is 5.40. The van der Waals surface area contributed by atoms with Gasteiger partial charge in [-0.2, -0.15) is 10.2 Å². The molecule has 53 heavy (non-hydrogen) atoms. The number of ketones is 2. The number of carbonyl (C=O) groups excluding carboxylic acids is 4. The van der Waals surface area contributed by atoms with E-state index in [1.807, 2.05) is 66.7 Å². The van der Waals surface area contributed by atoms with E-state index in [4.69, 9.17) is 10.2 Å². The highest BCUT2D eigenvalue weighted by atomic mass is 32.2. The van der Waals surface area contributed by atoms with Crippen LogP contribution in [0.2, 0.25) is 0 Å². The van der Waals surface area contributed by atoms with Gasteiger partial charge in [-0.05, 0) is 44.2 Å². The Kier molecular flexibility index (Phi) is 10.6. The summed E-state index contributed by atoms with van der Waals surface area (Å²) in [6.45, 7) is 2.99. The van der Waals surface area contributed by atoms with E-state index in [2.05, 4.69) is 20.8 Å². The minimum absolute atomic E-state index is 0.161. The van der Waals surface area contributed by atoms with Crippen LogP contribution in [-0.4, -0.2) is 52.3 Å². The number of para-hydroxylation sites is 1. The SMILES string of the molecule is CC(=O)c1ccccc1NC(=O)/C(CC(=O)c1sc(-n2nc(-c3ccccc3)cc2-c2ccccc2)nc1C)=N\NC(=O)c1ccccc1S(N)(=O)=O. The van der Waals surface area contributed by atoms with Crippen molar-refractivity contribution in [2.75, 3.05) is 5.32 Å². The van der Waals surface area contributed by atoms with Gasteiger partial charge in [-0.3, -0.25) is 19.2 Å². The van der Waals surface area contributed by atoms with Crippen molar-refractivity contribution in [1.29, 1.82) is 0 Å². The number of aromatic nitrogens is 3. The monoisotopic (exact) mass is 745 g/mol. The molecule has 15 heteroatoms. The standard InChI is InChI=1S/C38H31N7O6S2/c1-23-35(52-38(40-23)45-32(26-15-7-4-8-16-26)21-30(44-45)25-13-5-3-6-14-25)33(47)22-31(37(49)41-29-19-11-9-17-27(29)24(2)46)42-43-36(48)28-18-10-12-20-34(28)53(39,50)51/h3-21H,22H2,1-2H3,(H,41,49)(H,43,48)(H2,39,50,51)/b42-31-. The largest absolute Gasteiger partial charge is 0.320 e. The normalized spacial score (nSPS) is 11.6. The van der Waals surface area contributed by atoms with Crippen molar-refractivity contribution < 1.29 is 27.6 Å². The van der Waals surface area contributed by atoms with Gasteiger partial charge >= 0.3 is 0 Å². The molecular formula is C38H31N7O6S2. The van der Waals surface area contributed by atoms with Gasteiger partial charge in [0.05, 0.1) is 44.5 Å². The van der Waals surface area contributed by atoms with Crippen molar-refractivity contribution in [3.8, 4) is 27.6 Å². The molecule has 6 aromatic rings. The van der Waals surface area contributed by atoms with Crippen LogP contribution in [0.3, 0.4) is 0 Å². The zero-order valence-corrected chi connectivity index (χ0v) is 29.9. The van der Waals surface area contributed by atoms with Crippen LogP contribution in [0, 0.1) is 6.92 Å². The van der Waals surface area contributed by atoms with Crippen LogP contribution in [0.15, 0.2) is 125 Å². The van der Waals surface area contributed by atoms with Gasteiger partial charge in [0.15, 0.2) is 11.6 Å². The summed E-state index contributed by atoms with van der Waals surface area (Å²) < 4.78 is 25.9. The molecule has 4 N–H and O–H groups in total. The summed E-state index contributed by atoms with van der Waals surface area (Å²) in [5.74, 6) is -2.74. The molecule has 0 aliphatic heterocycles. The minimum Gasteiger partial charge on any atom is -0.320 e. The van der Waals surface area contributed by atoms with Crippen molar-refractivity contribution in [1.82, 2.24) is 20.2 Å². The number of sulfonamides is 1. The molecule has 0 fully saturated rings. The summed E-state index contributed by atoms with van der Waals surface area (Å²) in [7, 11) is -4.29. The van der Waals surface area contributed by atoms with Gasteiger partial charge in [-0.1, -0.05) is 96.3 Å². The van der Waals surface area contributed by atoms with Gasteiger partial charge < -0.3 is 5.32 Å². The van der Waals surface area contributed by atoms with E-state index in [0.717, 1.165) is 34.2 Å². The Morgan fingerprint density at radius 3 is 2.09 bits per heavy atom. The van der Waals surface area contributed by atoms with E-state index >= 15 is 0 Å². The molecule has 2 heterocycles. The summed E-state index contributed by atoms with van der Waals surface area (Å²) in [6, 6.07) is 32.6. The van der Waals surface area contributed by atoms with E-state index in [1.54, 1.807) is 23.7 Å². The maximum atomic E-state index is 14.0. The van der Waals surface area contributed by atoms with Crippen molar-refractivity contribution in [2.24, 2.45) is 10.2 Å². The molecule has 0 aliphatic rings. The van der Waals surface area contributed by atoms with E-state index < -0.39 is 44.6 Å². The van der Waals surface area contributed by atoms with Crippen LogP contribution < -0.4 is 15.9 Å². The first kappa shape index (κ1) is 36.4. The van der Waals surface area contributed by atoms with Gasteiger partial charge in [0.2, 0.25) is 15.2 Å². The molecular weight excluding hydrogens is 715 g/mol. The summed E-state index contributed by atoms with van der Waals surface area (Å²) in [6.07, 6.45) is -0.604. The highest BCUT2D eigenvalue weighted by Gasteiger charge is 2.26. The van der Waals surface area contributed by atoms with E-state index in [0.29, 0.717) is 16.5 Å². The first-order valence-corrected chi connectivity index (χ1v) is 18.4. The Balaban J connectivity index is 1.35. The number of Topliss-reactive ketones (excluding diaryl/α,β-unsaturated/α-hetero) is 2. The molecule has 0 atom stereocenters. The zero-order chi connectivity index (χ0) is 37.7. The summed E-state index contributed by atoms with van der Waals surface area (Å²) in [4.78, 5) is 57.5. The average molecular weight is 746 g/mol. The minimum atomic E-state index is -4.29. The smallest absolute Gasteiger partial charge is 0.272 e. The number of nitrogens with two attached hydrogens (primary N) is 1. The number of hydrogen-bond donors (Lipinski definition) is 3. The van der Waals surface area contributed by atoms with E-state index in [1.165, 1.54) is 37.3 Å². The Morgan fingerprint density at radius 2 is 1.43 bits per heavy atom. The zero-order valence-electron chi connectivity index (χ0n) is 28.3. The van der Waals surface area contributed by atoms with Gasteiger partial charge in [0.1, 0.15) is 5.71 Å². The highest BCUT2D eigenvalue weighted by Crippen LogP contribution is 2.32. The average Bonchev–Trinajstić information content (AvgIpc) is 3.78. The molecule has 0 spiro atoms. The molecule has 6 rings (SSSR count). The molecule has 0 aliphatic carbocycles. The van der Waals surface area contributed by atoms with Gasteiger partial charge in [-0.15, -0.1) is 0 Å². The number of nitrogens with one attached hydrogen (secondary N) is 2. The first-order chi connectivity index (χ1) is 25.4. The third-order valence-corrected chi connectivity index (χ3v) is 10.1. The first-order valence-electron chi connectivity index (χ1n) is 16.0. The summed E-state index contributed by atoms with van der Waals surface area (Å²) >= 11 is 1.07. The van der Waals surface area contributed by atoms with Crippen LogP contribution in [0.4, 0.5) is 5.69 Å². The van der Waals surface area contributed by atoms with Crippen molar-refractivity contribution >= 4 is 56.1 Å². The third kappa shape index (κ3) is 8.23. The second-order valence-electron chi connectivity index (χ2n) is 11.7. The molecule has 2 amide bonds. The number of thiazole rings is 1. The predicted octanol–water partition coefficient (Wildman–Crippen LogP) is 5.82. The predicted molar refractivity (Wildman–Crippen MR) is 202 cm³/mol. The number of rotatable bonds is 12. The quantitative estimate of drug-likeness (QED) is 0.0792. The molecule has 13 nitrogen and oxygen atoms in total. The fourth-order valence-corrected chi connectivity index (χ4v) is 7.11. The number of benzene rings is 4. The van der Waals surface area contributed by atoms with Crippen LogP contribution in [0.1, 0.15) is 49.4 Å². The molecule has 2 aromatic heterocycles. The third-order valence-electron chi connectivity index (χ3n) is 7.94. The lowest BCUT2D eigenvalue weighted by atomic mass is 10.1. The van der Waals surface area contributed by atoms with Gasteiger partial charge in [-0.25, -0.2) is 28.6 Å². The van der Waals surface area contributed by atoms with E-state index in [9.17, 15) is 27.6 Å². The number of nitrogens with zero attached hydrogens (tertiary/aromatic N) is 4. The van der Waals surface area contributed by atoms with Crippen molar-refractivity contribution in [2.45, 2.75) is 25.2 Å². The molecule has 0 radical (unpaired) electrons.